The third-order valence-electron chi connectivity index (χ3n) is 3.52. The summed E-state index contributed by atoms with van der Waals surface area (Å²) in [6.07, 6.45) is 0. The number of thiophene rings is 1. The molecule has 0 aliphatic rings. The third kappa shape index (κ3) is 3.58. The van der Waals surface area contributed by atoms with Crippen molar-refractivity contribution in [3.05, 3.63) is 75.4 Å². The fraction of sp³-hybridized carbons (Fsp3) is 0.0588. The molecule has 26 heavy (non-hydrogen) atoms. The molecule has 0 radical (unpaired) electrons. The summed E-state index contributed by atoms with van der Waals surface area (Å²) in [6, 6.07) is 10.6. The summed E-state index contributed by atoms with van der Waals surface area (Å²) < 4.78 is 44.1. The van der Waals surface area contributed by atoms with Gasteiger partial charge >= 0.3 is 10.1 Å². The molecule has 0 bridgehead atoms. The Hall–Kier alpha value is -2.78. The number of rotatable bonds is 5. The van der Waals surface area contributed by atoms with Crippen molar-refractivity contribution in [2.45, 2.75) is 11.8 Å². The molecule has 0 atom stereocenters. The topological polar surface area (TPSA) is 86.5 Å². The normalized spacial score (nSPS) is 11.3. The van der Waals surface area contributed by atoms with Crippen molar-refractivity contribution < 1.29 is 21.9 Å². The maximum absolute atomic E-state index is 14.0. The molecule has 0 unspecified atom stereocenters. The number of hydrogen-bond donors (Lipinski definition) is 0. The number of non-ortho nitro benzene ring substituents is 1. The maximum Gasteiger partial charge on any atom is 0.342 e. The number of halogens is 1. The van der Waals surface area contributed by atoms with E-state index < -0.39 is 25.8 Å². The zero-order valence-electron chi connectivity index (χ0n) is 13.4. The molecule has 0 saturated heterocycles. The van der Waals surface area contributed by atoms with Crippen molar-refractivity contribution in [2.75, 3.05) is 0 Å². The van der Waals surface area contributed by atoms with Crippen LogP contribution in [-0.4, -0.2) is 13.3 Å². The third-order valence-corrected chi connectivity index (χ3v) is 5.69. The van der Waals surface area contributed by atoms with Crippen molar-refractivity contribution in [3.8, 4) is 16.2 Å². The van der Waals surface area contributed by atoms with Crippen molar-refractivity contribution in [2.24, 2.45) is 0 Å². The van der Waals surface area contributed by atoms with E-state index in [1.165, 1.54) is 29.5 Å². The molecular weight excluding hydrogens is 381 g/mol. The molecule has 2 aromatic carbocycles. The summed E-state index contributed by atoms with van der Waals surface area (Å²) in [5, 5.41) is 12.8. The van der Waals surface area contributed by atoms with Gasteiger partial charge in [-0.25, -0.2) is 4.39 Å². The van der Waals surface area contributed by atoms with E-state index in [9.17, 15) is 22.9 Å². The monoisotopic (exact) mass is 393 g/mol. The largest absolute Gasteiger partial charge is 0.378 e. The molecule has 0 aliphatic carbocycles. The zero-order chi connectivity index (χ0) is 18.9. The van der Waals surface area contributed by atoms with Crippen LogP contribution in [0, 0.1) is 22.9 Å². The van der Waals surface area contributed by atoms with Crippen molar-refractivity contribution in [1.82, 2.24) is 0 Å². The Morgan fingerprint density at radius 3 is 2.54 bits per heavy atom. The van der Waals surface area contributed by atoms with Gasteiger partial charge in [-0.2, -0.15) is 8.42 Å². The highest BCUT2D eigenvalue weighted by Gasteiger charge is 2.24. The zero-order valence-corrected chi connectivity index (χ0v) is 15.0. The second kappa shape index (κ2) is 6.85. The molecule has 6 nitrogen and oxygen atoms in total. The summed E-state index contributed by atoms with van der Waals surface area (Å²) in [7, 11) is -4.45. The van der Waals surface area contributed by atoms with Gasteiger partial charge in [0.05, 0.1) is 4.92 Å². The first-order valence-electron chi connectivity index (χ1n) is 7.31. The highest BCUT2D eigenvalue weighted by atomic mass is 32.2. The average Bonchev–Trinajstić information content (AvgIpc) is 3.08. The van der Waals surface area contributed by atoms with Gasteiger partial charge in [0.15, 0.2) is 5.75 Å². The Kier molecular flexibility index (Phi) is 4.75. The molecule has 1 aromatic heterocycles. The molecule has 0 aliphatic heterocycles. The van der Waals surface area contributed by atoms with Gasteiger partial charge in [-0.3, -0.25) is 10.1 Å². The lowest BCUT2D eigenvalue weighted by Crippen LogP contribution is -2.12. The van der Waals surface area contributed by atoms with E-state index in [1.54, 1.807) is 24.4 Å². The molecule has 3 aromatic rings. The van der Waals surface area contributed by atoms with Crippen LogP contribution in [0.3, 0.4) is 0 Å². The molecule has 3 rings (SSSR count). The van der Waals surface area contributed by atoms with Crippen LogP contribution in [0.4, 0.5) is 10.1 Å². The summed E-state index contributed by atoms with van der Waals surface area (Å²) in [5.41, 5.74) is 0.598. The van der Waals surface area contributed by atoms with Crippen LogP contribution in [0.2, 0.25) is 0 Å². The second-order valence-electron chi connectivity index (χ2n) is 5.39. The Balaban J connectivity index is 2.08. The molecule has 0 saturated carbocycles. The van der Waals surface area contributed by atoms with Gasteiger partial charge in [-0.1, -0.05) is 12.1 Å². The molecule has 0 fully saturated rings. The number of nitrogens with zero attached hydrogens (tertiary/aromatic N) is 1. The summed E-state index contributed by atoms with van der Waals surface area (Å²) in [5.74, 6) is -1.04. The van der Waals surface area contributed by atoms with Crippen LogP contribution in [0.5, 0.6) is 5.75 Å². The highest BCUT2D eigenvalue weighted by Crippen LogP contribution is 2.37. The number of hydrogen-bond acceptors (Lipinski definition) is 6. The fourth-order valence-electron chi connectivity index (χ4n) is 2.30. The van der Waals surface area contributed by atoms with Crippen LogP contribution in [0.1, 0.15) is 5.56 Å². The number of nitro benzene ring substituents is 1. The van der Waals surface area contributed by atoms with E-state index in [0.717, 1.165) is 18.2 Å². The molecule has 0 N–H and O–H groups in total. The van der Waals surface area contributed by atoms with Crippen LogP contribution < -0.4 is 4.18 Å². The predicted molar refractivity (Wildman–Crippen MR) is 95.4 cm³/mol. The highest BCUT2D eigenvalue weighted by molar-refractivity contribution is 7.87. The average molecular weight is 393 g/mol. The van der Waals surface area contributed by atoms with E-state index in [0.29, 0.717) is 10.4 Å². The van der Waals surface area contributed by atoms with Gasteiger partial charge < -0.3 is 4.18 Å². The lowest BCUT2D eigenvalue weighted by molar-refractivity contribution is -0.384. The first-order chi connectivity index (χ1) is 12.3. The van der Waals surface area contributed by atoms with Gasteiger partial charge in [0.2, 0.25) is 0 Å². The smallest absolute Gasteiger partial charge is 0.342 e. The van der Waals surface area contributed by atoms with E-state index in [-0.39, 0.29) is 17.0 Å². The van der Waals surface area contributed by atoms with Gasteiger partial charge in [-0.05, 0) is 42.1 Å². The molecule has 0 amide bonds. The van der Waals surface area contributed by atoms with Crippen molar-refractivity contribution in [1.29, 1.82) is 0 Å². The van der Waals surface area contributed by atoms with Gasteiger partial charge in [0.25, 0.3) is 5.69 Å². The lowest BCUT2D eigenvalue weighted by atomic mass is 10.1. The Morgan fingerprint density at radius 2 is 1.92 bits per heavy atom. The standard InChI is InChI=1S/C17H12FNO5S2/c1-11-4-7-17(14(18)9-11)26(22,23)24-15-6-5-12(19(20)21)10-13(15)16-3-2-8-25-16/h2-10H,1H3. The predicted octanol–water partition coefficient (Wildman–Crippen LogP) is 4.54. The SMILES string of the molecule is Cc1ccc(S(=O)(=O)Oc2ccc([N+](=O)[O-])cc2-c2cccs2)c(F)c1. The minimum absolute atomic E-state index is 0.113. The van der Waals surface area contributed by atoms with Crippen LogP contribution in [-0.2, 0) is 10.1 Å². The summed E-state index contributed by atoms with van der Waals surface area (Å²) in [6.45, 7) is 1.63. The Labute approximate surface area is 152 Å². The molecule has 0 spiro atoms. The van der Waals surface area contributed by atoms with E-state index in [4.69, 9.17) is 4.18 Å². The van der Waals surface area contributed by atoms with E-state index in [2.05, 4.69) is 0 Å². The minimum atomic E-state index is -4.45. The Morgan fingerprint density at radius 1 is 1.15 bits per heavy atom. The number of aryl methyl sites for hydroxylation is 1. The summed E-state index contributed by atoms with van der Waals surface area (Å²) in [4.78, 5) is 10.4. The first-order valence-corrected chi connectivity index (χ1v) is 9.60. The number of nitro groups is 1. The van der Waals surface area contributed by atoms with E-state index in [1.807, 2.05) is 0 Å². The number of benzene rings is 2. The van der Waals surface area contributed by atoms with Crippen molar-refractivity contribution in [3.63, 3.8) is 0 Å². The van der Waals surface area contributed by atoms with Gasteiger partial charge in [-0.15, -0.1) is 11.3 Å². The summed E-state index contributed by atoms with van der Waals surface area (Å²) >= 11 is 1.27. The van der Waals surface area contributed by atoms with Crippen LogP contribution in [0.15, 0.2) is 58.8 Å². The molecule has 134 valence electrons. The van der Waals surface area contributed by atoms with Gasteiger partial charge in [0, 0.05) is 22.6 Å². The van der Waals surface area contributed by atoms with E-state index >= 15 is 0 Å². The molecule has 9 heteroatoms. The Bertz CT molecular complexity index is 1080. The first kappa shape index (κ1) is 18.0. The van der Waals surface area contributed by atoms with Crippen LogP contribution >= 0.6 is 11.3 Å². The maximum atomic E-state index is 14.0. The molecular formula is C17H12FNO5S2. The van der Waals surface area contributed by atoms with Crippen LogP contribution in [0.25, 0.3) is 10.4 Å². The molecule has 1 heterocycles. The second-order valence-corrected chi connectivity index (χ2v) is 7.85. The van der Waals surface area contributed by atoms with Gasteiger partial charge in [0.1, 0.15) is 10.7 Å². The minimum Gasteiger partial charge on any atom is -0.378 e. The lowest BCUT2D eigenvalue weighted by Gasteiger charge is -2.11. The fourth-order valence-corrected chi connectivity index (χ4v) is 4.05. The quantitative estimate of drug-likeness (QED) is 0.361. The van der Waals surface area contributed by atoms with Crippen molar-refractivity contribution >= 4 is 27.1 Å².